The van der Waals surface area contributed by atoms with Crippen molar-refractivity contribution >= 4 is 22.7 Å². The van der Waals surface area contributed by atoms with Gasteiger partial charge in [-0.05, 0) is 19.4 Å². The lowest BCUT2D eigenvalue weighted by Gasteiger charge is -2.16. The van der Waals surface area contributed by atoms with Crippen LogP contribution in [-0.4, -0.2) is 9.97 Å². The summed E-state index contributed by atoms with van der Waals surface area (Å²) in [6.45, 7) is 3.79. The fourth-order valence-electron chi connectivity index (χ4n) is 2.45. The number of aromatic nitrogens is 2. The smallest absolute Gasteiger partial charge is 0.304 e. The number of hydrogen-bond acceptors (Lipinski definition) is 4. The fourth-order valence-corrected chi connectivity index (χ4v) is 4.49. The van der Waals surface area contributed by atoms with E-state index in [0.717, 1.165) is 26.7 Å². The number of aryl methyl sites for hydroxylation is 2. The SMILES string of the molecule is Cc1[nH]c(=O)sc1C(c1ccccc1)c1sc(=O)[nH]c1C. The Kier molecular flexibility index (Phi) is 3.65. The van der Waals surface area contributed by atoms with Gasteiger partial charge in [0.1, 0.15) is 0 Å². The van der Waals surface area contributed by atoms with Crippen LogP contribution in [0.1, 0.15) is 32.6 Å². The van der Waals surface area contributed by atoms with Gasteiger partial charge in [0.25, 0.3) is 0 Å². The average molecular weight is 318 g/mol. The Morgan fingerprint density at radius 2 is 1.33 bits per heavy atom. The predicted molar refractivity (Wildman–Crippen MR) is 86.7 cm³/mol. The van der Waals surface area contributed by atoms with E-state index in [-0.39, 0.29) is 15.7 Å². The van der Waals surface area contributed by atoms with Crippen molar-refractivity contribution in [2.45, 2.75) is 19.8 Å². The van der Waals surface area contributed by atoms with Gasteiger partial charge in [0.2, 0.25) is 0 Å². The Morgan fingerprint density at radius 3 is 1.71 bits per heavy atom. The maximum Gasteiger partial charge on any atom is 0.304 e. The fraction of sp³-hybridized carbons (Fsp3) is 0.200. The van der Waals surface area contributed by atoms with E-state index in [0.29, 0.717) is 0 Å². The Balaban J connectivity index is 2.25. The molecular weight excluding hydrogens is 304 g/mol. The van der Waals surface area contributed by atoms with Crippen LogP contribution in [0.5, 0.6) is 0 Å². The lowest BCUT2D eigenvalue weighted by atomic mass is 9.94. The van der Waals surface area contributed by atoms with Gasteiger partial charge in [0.15, 0.2) is 0 Å². The Hall–Kier alpha value is -1.92. The molecule has 3 aromatic rings. The lowest BCUT2D eigenvalue weighted by molar-refractivity contribution is 0.976. The van der Waals surface area contributed by atoms with Crippen molar-refractivity contribution in [1.29, 1.82) is 0 Å². The van der Waals surface area contributed by atoms with Gasteiger partial charge >= 0.3 is 9.75 Å². The minimum Gasteiger partial charge on any atom is -0.317 e. The monoisotopic (exact) mass is 318 g/mol. The third-order valence-corrected chi connectivity index (χ3v) is 5.48. The maximum absolute atomic E-state index is 11.7. The van der Waals surface area contributed by atoms with Crippen molar-refractivity contribution in [2.24, 2.45) is 0 Å². The van der Waals surface area contributed by atoms with Gasteiger partial charge in [-0.3, -0.25) is 9.59 Å². The molecule has 2 heterocycles. The predicted octanol–water partition coefficient (Wildman–Crippen LogP) is 2.98. The van der Waals surface area contributed by atoms with Crippen molar-refractivity contribution in [2.75, 3.05) is 0 Å². The summed E-state index contributed by atoms with van der Waals surface area (Å²) in [6, 6.07) is 9.95. The first-order chi connectivity index (χ1) is 10.1. The molecule has 0 atom stereocenters. The summed E-state index contributed by atoms with van der Waals surface area (Å²) in [5, 5.41) is 0. The van der Waals surface area contributed by atoms with Gasteiger partial charge in [-0.15, -0.1) is 0 Å². The minimum absolute atomic E-state index is 0.0658. The molecule has 0 amide bonds. The summed E-state index contributed by atoms with van der Waals surface area (Å²) in [6.07, 6.45) is 0. The Bertz CT molecular complexity index is 817. The van der Waals surface area contributed by atoms with Gasteiger partial charge < -0.3 is 9.97 Å². The molecule has 108 valence electrons. The number of hydrogen-bond donors (Lipinski definition) is 2. The molecule has 0 saturated carbocycles. The second kappa shape index (κ2) is 5.46. The summed E-state index contributed by atoms with van der Waals surface area (Å²) >= 11 is 2.42. The van der Waals surface area contributed by atoms with E-state index in [1.807, 2.05) is 44.2 Å². The van der Waals surface area contributed by atoms with Crippen molar-refractivity contribution in [3.05, 3.63) is 76.4 Å². The zero-order valence-electron chi connectivity index (χ0n) is 11.6. The average Bonchev–Trinajstić information content (AvgIpc) is 2.94. The molecule has 4 nitrogen and oxygen atoms in total. The van der Waals surface area contributed by atoms with Crippen LogP contribution >= 0.6 is 22.7 Å². The topological polar surface area (TPSA) is 65.7 Å². The summed E-state index contributed by atoms with van der Waals surface area (Å²) in [4.78, 5) is 30.8. The highest BCUT2D eigenvalue weighted by Crippen LogP contribution is 2.37. The van der Waals surface area contributed by atoms with Gasteiger partial charge in [-0.2, -0.15) is 0 Å². The third-order valence-electron chi connectivity index (χ3n) is 3.38. The van der Waals surface area contributed by atoms with Crippen molar-refractivity contribution < 1.29 is 0 Å². The van der Waals surface area contributed by atoms with Crippen molar-refractivity contribution in [1.82, 2.24) is 9.97 Å². The molecule has 0 bridgehead atoms. The van der Waals surface area contributed by atoms with E-state index < -0.39 is 0 Å². The molecule has 21 heavy (non-hydrogen) atoms. The van der Waals surface area contributed by atoms with Gasteiger partial charge in [-0.25, -0.2) is 0 Å². The van der Waals surface area contributed by atoms with E-state index in [1.54, 1.807) is 0 Å². The van der Waals surface area contributed by atoms with Crippen LogP contribution in [0.25, 0.3) is 0 Å². The van der Waals surface area contributed by atoms with Crippen LogP contribution in [0.2, 0.25) is 0 Å². The van der Waals surface area contributed by atoms with E-state index in [2.05, 4.69) is 9.97 Å². The molecule has 0 radical (unpaired) electrons. The lowest BCUT2D eigenvalue weighted by Crippen LogP contribution is -2.02. The zero-order valence-corrected chi connectivity index (χ0v) is 13.2. The van der Waals surface area contributed by atoms with Crippen LogP contribution in [0, 0.1) is 13.8 Å². The number of rotatable bonds is 3. The molecule has 0 aliphatic carbocycles. The Morgan fingerprint density at radius 1 is 0.857 bits per heavy atom. The van der Waals surface area contributed by atoms with Crippen molar-refractivity contribution in [3.8, 4) is 0 Å². The molecule has 6 heteroatoms. The van der Waals surface area contributed by atoms with E-state index in [1.165, 1.54) is 22.7 Å². The first-order valence-corrected chi connectivity index (χ1v) is 8.13. The standard InChI is InChI=1S/C15H14N2O2S2/c1-8-12(20-14(18)16-8)11(10-6-4-3-5-7-10)13-9(2)17-15(19)21-13/h3-7,11H,1-2H3,(H,16,18)(H,17,19). The van der Waals surface area contributed by atoms with Crippen LogP contribution in [0.3, 0.4) is 0 Å². The third kappa shape index (κ3) is 2.64. The molecule has 0 aliphatic rings. The highest BCUT2D eigenvalue weighted by molar-refractivity contribution is 7.11. The molecule has 0 fully saturated rings. The normalized spacial score (nSPS) is 11.2. The van der Waals surface area contributed by atoms with Gasteiger partial charge in [-0.1, -0.05) is 53.0 Å². The summed E-state index contributed by atoms with van der Waals surface area (Å²) in [7, 11) is 0. The molecule has 0 unspecified atom stereocenters. The molecule has 1 aromatic carbocycles. The Labute approximate surface area is 129 Å². The van der Waals surface area contributed by atoms with Crippen LogP contribution in [0.15, 0.2) is 39.9 Å². The minimum atomic E-state index is -0.0842. The molecule has 2 aromatic heterocycles. The summed E-state index contributed by atoms with van der Waals surface area (Å²) in [5.74, 6) is -0.0842. The molecular formula is C15H14N2O2S2. The van der Waals surface area contributed by atoms with Crippen molar-refractivity contribution in [3.63, 3.8) is 0 Å². The quantitative estimate of drug-likeness (QED) is 0.779. The maximum atomic E-state index is 11.7. The molecule has 2 N–H and O–H groups in total. The second-order valence-electron chi connectivity index (χ2n) is 4.85. The number of aromatic amines is 2. The van der Waals surface area contributed by atoms with Gasteiger partial charge in [0, 0.05) is 21.1 Å². The number of benzene rings is 1. The molecule has 0 spiro atoms. The van der Waals surface area contributed by atoms with E-state index >= 15 is 0 Å². The molecule has 0 saturated heterocycles. The number of thiazole rings is 2. The molecule has 0 aliphatic heterocycles. The summed E-state index contributed by atoms with van der Waals surface area (Å²) < 4.78 is 0. The first-order valence-electron chi connectivity index (χ1n) is 6.50. The zero-order chi connectivity index (χ0) is 15.0. The number of H-pyrrole nitrogens is 2. The van der Waals surface area contributed by atoms with E-state index in [4.69, 9.17) is 0 Å². The second-order valence-corrected chi connectivity index (χ2v) is 6.88. The van der Waals surface area contributed by atoms with Crippen LogP contribution in [-0.2, 0) is 0 Å². The number of nitrogens with one attached hydrogen (secondary N) is 2. The largest absolute Gasteiger partial charge is 0.317 e. The van der Waals surface area contributed by atoms with Crippen LogP contribution in [0.4, 0.5) is 0 Å². The highest BCUT2D eigenvalue weighted by Gasteiger charge is 2.25. The van der Waals surface area contributed by atoms with E-state index in [9.17, 15) is 9.59 Å². The summed E-state index contributed by atoms with van der Waals surface area (Å²) in [5.41, 5.74) is 2.80. The van der Waals surface area contributed by atoms with Gasteiger partial charge in [0.05, 0.1) is 5.92 Å². The first kappa shape index (κ1) is 14.0. The highest BCUT2D eigenvalue weighted by atomic mass is 32.1. The van der Waals surface area contributed by atoms with Crippen LogP contribution < -0.4 is 9.75 Å². The molecule has 3 rings (SSSR count).